The van der Waals surface area contributed by atoms with Gasteiger partial charge in [0.05, 0.1) is 12.7 Å². The first kappa shape index (κ1) is 19.6. The first-order valence-corrected chi connectivity index (χ1v) is 9.27. The highest BCUT2D eigenvalue weighted by molar-refractivity contribution is 6.09. The molecule has 4 N–H and O–H groups in total. The maximum atomic E-state index is 7.71. The standard InChI is InChI=1S/C21H26N6O/c1-15-14-27(7-8-28-15)21-10-19(5-6-25-21)26-20-9-16(3-4-17(20)11-22)18(12-23)13-24-2/h3-6,9-13,15,22-24H,7-8,14H2,1-2H3,(H,25,26)/b18-13+,22-11?,23-12?. The van der Waals surface area contributed by atoms with Gasteiger partial charge >= 0.3 is 0 Å². The largest absolute Gasteiger partial charge is 0.393 e. The van der Waals surface area contributed by atoms with Crippen LogP contribution in [0.25, 0.3) is 5.57 Å². The molecule has 7 heteroatoms. The van der Waals surface area contributed by atoms with Gasteiger partial charge in [0.2, 0.25) is 0 Å². The van der Waals surface area contributed by atoms with Crippen LogP contribution in [-0.4, -0.2) is 50.3 Å². The number of nitrogens with one attached hydrogen (secondary N) is 4. The summed E-state index contributed by atoms with van der Waals surface area (Å²) in [4.78, 5) is 6.72. The maximum absolute atomic E-state index is 7.71. The molecule has 1 saturated heterocycles. The molecule has 2 heterocycles. The molecule has 28 heavy (non-hydrogen) atoms. The lowest BCUT2D eigenvalue weighted by atomic mass is 10.0. The van der Waals surface area contributed by atoms with Crippen molar-refractivity contribution >= 4 is 35.2 Å². The molecular formula is C21H26N6O. The summed E-state index contributed by atoms with van der Waals surface area (Å²) in [7, 11) is 1.81. The van der Waals surface area contributed by atoms with Crippen molar-refractivity contribution in [2.24, 2.45) is 0 Å². The van der Waals surface area contributed by atoms with Crippen molar-refractivity contribution in [3.63, 3.8) is 0 Å². The fourth-order valence-corrected chi connectivity index (χ4v) is 3.18. The molecule has 1 unspecified atom stereocenters. The number of aromatic nitrogens is 1. The number of hydrogen-bond acceptors (Lipinski definition) is 7. The average Bonchev–Trinajstić information content (AvgIpc) is 2.72. The van der Waals surface area contributed by atoms with Gasteiger partial charge in [-0.05, 0) is 24.6 Å². The minimum atomic E-state index is 0.187. The van der Waals surface area contributed by atoms with Crippen LogP contribution in [0, 0.1) is 10.8 Å². The third-order valence-electron chi connectivity index (χ3n) is 4.59. The molecule has 0 amide bonds. The maximum Gasteiger partial charge on any atom is 0.130 e. The highest BCUT2D eigenvalue weighted by Gasteiger charge is 2.18. The van der Waals surface area contributed by atoms with Crippen molar-refractivity contribution < 1.29 is 4.74 Å². The van der Waals surface area contributed by atoms with Crippen molar-refractivity contribution in [1.29, 1.82) is 10.8 Å². The van der Waals surface area contributed by atoms with Gasteiger partial charge in [0.15, 0.2) is 0 Å². The van der Waals surface area contributed by atoms with Gasteiger partial charge in [0.25, 0.3) is 0 Å². The van der Waals surface area contributed by atoms with E-state index in [0.29, 0.717) is 6.61 Å². The molecule has 0 spiro atoms. The molecule has 1 aliphatic heterocycles. The summed E-state index contributed by atoms with van der Waals surface area (Å²) < 4.78 is 5.61. The highest BCUT2D eigenvalue weighted by Crippen LogP contribution is 2.26. The van der Waals surface area contributed by atoms with Crippen molar-refractivity contribution in [2.75, 3.05) is 37.0 Å². The van der Waals surface area contributed by atoms with Crippen molar-refractivity contribution in [3.05, 3.63) is 53.9 Å². The van der Waals surface area contributed by atoms with E-state index in [1.807, 2.05) is 30.3 Å². The number of ether oxygens (including phenoxy) is 1. The number of nitrogens with zero attached hydrogens (tertiary/aromatic N) is 2. The van der Waals surface area contributed by atoms with Gasteiger partial charge in [-0.1, -0.05) is 12.1 Å². The summed E-state index contributed by atoms with van der Waals surface area (Å²) in [5, 5.41) is 21.7. The van der Waals surface area contributed by atoms with Crippen LogP contribution in [-0.2, 0) is 4.74 Å². The number of pyridine rings is 1. The van der Waals surface area contributed by atoms with Crippen LogP contribution < -0.4 is 15.5 Å². The number of morpholine rings is 1. The summed E-state index contributed by atoms with van der Waals surface area (Å²) in [5.41, 5.74) is 4.15. The Labute approximate surface area is 165 Å². The molecule has 1 aromatic carbocycles. The average molecular weight is 378 g/mol. The van der Waals surface area contributed by atoms with Gasteiger partial charge in [0.1, 0.15) is 5.82 Å². The number of benzene rings is 1. The minimum Gasteiger partial charge on any atom is -0.393 e. The van der Waals surface area contributed by atoms with Crippen LogP contribution in [0.2, 0.25) is 0 Å². The van der Waals surface area contributed by atoms with E-state index in [0.717, 1.165) is 47.0 Å². The molecule has 1 aromatic heterocycles. The van der Waals surface area contributed by atoms with Crippen LogP contribution in [0.4, 0.5) is 17.2 Å². The Morgan fingerprint density at radius 3 is 2.86 bits per heavy atom. The summed E-state index contributed by atoms with van der Waals surface area (Å²) in [6, 6.07) is 9.66. The first-order valence-electron chi connectivity index (χ1n) is 9.27. The van der Waals surface area contributed by atoms with Gasteiger partial charge < -0.3 is 31.1 Å². The Bertz CT molecular complexity index is 879. The fourth-order valence-electron chi connectivity index (χ4n) is 3.18. The van der Waals surface area contributed by atoms with Gasteiger partial charge in [-0.2, -0.15) is 0 Å². The molecule has 146 valence electrons. The smallest absolute Gasteiger partial charge is 0.130 e. The Balaban J connectivity index is 1.88. The van der Waals surface area contributed by atoms with E-state index in [9.17, 15) is 0 Å². The monoisotopic (exact) mass is 378 g/mol. The number of rotatable bonds is 7. The zero-order valence-electron chi connectivity index (χ0n) is 16.2. The quantitative estimate of drug-likeness (QED) is 0.555. The third-order valence-corrected chi connectivity index (χ3v) is 4.59. The lowest BCUT2D eigenvalue weighted by Crippen LogP contribution is -2.41. The fraction of sp³-hybridized carbons (Fsp3) is 0.286. The predicted octanol–water partition coefficient (Wildman–Crippen LogP) is 3.26. The van der Waals surface area contributed by atoms with Crippen molar-refractivity contribution in [2.45, 2.75) is 13.0 Å². The van der Waals surface area contributed by atoms with Gasteiger partial charge in [-0.25, -0.2) is 4.98 Å². The Morgan fingerprint density at radius 2 is 2.14 bits per heavy atom. The van der Waals surface area contributed by atoms with E-state index in [4.69, 9.17) is 15.6 Å². The van der Waals surface area contributed by atoms with Crippen LogP contribution >= 0.6 is 0 Å². The normalized spacial score (nSPS) is 17.1. The highest BCUT2D eigenvalue weighted by atomic mass is 16.5. The van der Waals surface area contributed by atoms with E-state index >= 15 is 0 Å². The molecule has 3 rings (SSSR count). The SMILES string of the molecule is CN/C=C(\C=N)c1ccc(C=N)c(Nc2ccnc(N3CCOC(C)C3)c2)c1. The second-order valence-electron chi connectivity index (χ2n) is 6.63. The molecule has 0 bridgehead atoms. The summed E-state index contributed by atoms with van der Waals surface area (Å²) in [6.45, 7) is 4.40. The molecule has 1 fully saturated rings. The second kappa shape index (κ2) is 9.14. The molecule has 0 radical (unpaired) electrons. The molecule has 2 aromatic rings. The lowest BCUT2D eigenvalue weighted by Gasteiger charge is -2.32. The molecule has 7 nitrogen and oxygen atoms in total. The lowest BCUT2D eigenvalue weighted by molar-refractivity contribution is 0.0529. The van der Waals surface area contributed by atoms with E-state index < -0.39 is 0 Å². The molecule has 1 aliphatic rings. The van der Waals surface area contributed by atoms with Crippen LogP contribution in [0.5, 0.6) is 0 Å². The minimum absolute atomic E-state index is 0.187. The Hall–Kier alpha value is -3.19. The topological polar surface area (TPSA) is 97.1 Å². The molecule has 0 saturated carbocycles. The van der Waals surface area contributed by atoms with Crippen LogP contribution in [0.15, 0.2) is 42.7 Å². The molecular weight excluding hydrogens is 352 g/mol. The number of anilines is 3. The van der Waals surface area contributed by atoms with E-state index in [2.05, 4.69) is 27.4 Å². The molecule has 1 atom stereocenters. The Morgan fingerprint density at radius 1 is 1.29 bits per heavy atom. The first-order chi connectivity index (χ1) is 13.6. The number of allylic oxidation sites excluding steroid dienone is 1. The summed E-state index contributed by atoms with van der Waals surface area (Å²) >= 11 is 0. The van der Waals surface area contributed by atoms with Crippen molar-refractivity contribution in [1.82, 2.24) is 10.3 Å². The van der Waals surface area contributed by atoms with E-state index in [-0.39, 0.29) is 6.10 Å². The van der Waals surface area contributed by atoms with Gasteiger partial charge in [-0.15, -0.1) is 0 Å². The van der Waals surface area contributed by atoms with Crippen LogP contribution in [0.1, 0.15) is 18.1 Å². The van der Waals surface area contributed by atoms with Gasteiger partial charge in [-0.3, -0.25) is 0 Å². The zero-order valence-corrected chi connectivity index (χ0v) is 16.2. The predicted molar refractivity (Wildman–Crippen MR) is 115 cm³/mol. The Kier molecular flexibility index (Phi) is 6.39. The third kappa shape index (κ3) is 4.55. The van der Waals surface area contributed by atoms with Crippen LogP contribution in [0.3, 0.4) is 0 Å². The molecule has 0 aliphatic carbocycles. The van der Waals surface area contributed by atoms with Gasteiger partial charge in [0, 0.05) is 73.5 Å². The van der Waals surface area contributed by atoms with E-state index in [1.54, 1.807) is 19.4 Å². The number of hydrogen-bond donors (Lipinski definition) is 4. The van der Waals surface area contributed by atoms with E-state index in [1.165, 1.54) is 12.4 Å². The summed E-state index contributed by atoms with van der Waals surface area (Å²) in [6.07, 6.45) is 6.38. The van der Waals surface area contributed by atoms with Crippen molar-refractivity contribution in [3.8, 4) is 0 Å². The second-order valence-corrected chi connectivity index (χ2v) is 6.63. The summed E-state index contributed by atoms with van der Waals surface area (Å²) in [5.74, 6) is 0.906. The zero-order chi connectivity index (χ0) is 19.9.